The highest BCUT2D eigenvalue weighted by molar-refractivity contribution is 5.75. The molecule has 0 atom stereocenters. The molecule has 4 aromatic carbocycles. The maximum Gasteiger partial charge on any atom is 0.147 e. The second kappa shape index (κ2) is 13.8. The lowest BCUT2D eigenvalue weighted by atomic mass is 9.66. The first-order chi connectivity index (χ1) is 22.2. The number of phenolic OH excluding ortho intramolecular Hbond substituents is 1. The average molecular weight is 616 g/mol. The van der Waals surface area contributed by atoms with E-state index >= 15 is 0 Å². The van der Waals surface area contributed by atoms with Gasteiger partial charge >= 0.3 is 0 Å². The van der Waals surface area contributed by atoms with Gasteiger partial charge in [0.15, 0.2) is 0 Å². The molecule has 0 saturated heterocycles. The first-order valence-corrected chi connectivity index (χ1v) is 17.6. The molecule has 242 valence electrons. The Bertz CT molecular complexity index is 1730. The van der Waals surface area contributed by atoms with E-state index in [-0.39, 0.29) is 22.0 Å². The molecule has 1 N–H and O–H groups in total. The molecule has 5 aromatic rings. The number of aromatic hydroxyl groups is 1. The van der Waals surface area contributed by atoms with Crippen molar-refractivity contribution in [1.82, 2.24) is 15.0 Å². The number of aromatic nitrogens is 3. The van der Waals surface area contributed by atoms with Gasteiger partial charge in [0.2, 0.25) is 0 Å². The summed E-state index contributed by atoms with van der Waals surface area (Å²) < 4.78 is 0. The van der Waals surface area contributed by atoms with Crippen molar-refractivity contribution in [2.45, 2.75) is 116 Å². The second-order valence-corrected chi connectivity index (χ2v) is 13.7. The number of hydrogen-bond donors (Lipinski definition) is 1. The summed E-state index contributed by atoms with van der Waals surface area (Å²) in [6.45, 7) is 15.9. The molecular weight excluding hydrogens is 562 g/mol. The molecule has 0 fully saturated rings. The molecule has 0 unspecified atom stereocenters. The van der Waals surface area contributed by atoms with Crippen molar-refractivity contribution < 1.29 is 5.11 Å². The molecule has 0 bridgehead atoms. The number of rotatable bonds is 14. The molecule has 1 aromatic heterocycles. The fraction of sp³-hybridized carbons (Fsp3) is 0.429. The van der Waals surface area contributed by atoms with Gasteiger partial charge in [-0.25, -0.2) is 0 Å². The van der Waals surface area contributed by atoms with Gasteiger partial charge < -0.3 is 5.11 Å². The van der Waals surface area contributed by atoms with E-state index in [9.17, 15) is 5.11 Å². The van der Waals surface area contributed by atoms with Crippen LogP contribution in [0.15, 0.2) is 91.0 Å². The number of phenols is 1. The maximum atomic E-state index is 12.3. The standard InChI is InChI=1S/C42H53N3O/c1-8-13-20-27-40(6,7)33-25-26-36-37(29-33)44-45(43-36)38-30-34(41(9-2,10-3)31-21-16-14-17-22-31)28-35(39(38)46)42(11-4,12-5)32-23-18-15-19-24-32/h14-19,21-26,28-30,46H,8-13,20,27H2,1-7H3. The Morgan fingerprint density at radius 1 is 0.587 bits per heavy atom. The summed E-state index contributed by atoms with van der Waals surface area (Å²) in [5.74, 6) is 0.255. The van der Waals surface area contributed by atoms with Crippen LogP contribution in [0.1, 0.15) is 128 Å². The first-order valence-electron chi connectivity index (χ1n) is 17.6. The zero-order valence-electron chi connectivity index (χ0n) is 29.1. The summed E-state index contributed by atoms with van der Waals surface area (Å²) in [4.78, 5) is 1.68. The quantitative estimate of drug-likeness (QED) is 0.126. The van der Waals surface area contributed by atoms with E-state index in [4.69, 9.17) is 10.2 Å². The lowest BCUT2D eigenvalue weighted by molar-refractivity contribution is 0.410. The lowest BCUT2D eigenvalue weighted by Gasteiger charge is -2.38. The fourth-order valence-electron chi connectivity index (χ4n) is 7.76. The highest BCUT2D eigenvalue weighted by atomic mass is 16.3. The third kappa shape index (κ3) is 5.99. The van der Waals surface area contributed by atoms with Gasteiger partial charge in [-0.2, -0.15) is 0 Å². The lowest BCUT2D eigenvalue weighted by Crippen LogP contribution is -2.30. The Morgan fingerprint density at radius 2 is 1.15 bits per heavy atom. The van der Waals surface area contributed by atoms with Crippen LogP contribution in [-0.4, -0.2) is 20.1 Å². The molecule has 4 nitrogen and oxygen atoms in total. The summed E-state index contributed by atoms with van der Waals surface area (Å²) in [7, 11) is 0. The first kappa shape index (κ1) is 33.4. The summed E-state index contributed by atoms with van der Waals surface area (Å²) in [6.07, 6.45) is 8.39. The Labute approximate surface area is 276 Å². The summed E-state index contributed by atoms with van der Waals surface area (Å²) in [5.41, 5.74) is 7.68. The zero-order chi connectivity index (χ0) is 33.0. The zero-order valence-corrected chi connectivity index (χ0v) is 29.1. The summed E-state index contributed by atoms with van der Waals surface area (Å²) >= 11 is 0. The summed E-state index contributed by atoms with van der Waals surface area (Å²) in [6, 6.07) is 32.4. The van der Waals surface area contributed by atoms with Gasteiger partial charge in [-0.15, -0.1) is 15.0 Å². The van der Waals surface area contributed by atoms with Crippen LogP contribution in [-0.2, 0) is 16.2 Å². The van der Waals surface area contributed by atoms with Gasteiger partial charge in [0, 0.05) is 16.4 Å². The van der Waals surface area contributed by atoms with Gasteiger partial charge in [-0.05, 0) is 78.0 Å². The molecule has 4 heteroatoms. The van der Waals surface area contributed by atoms with Gasteiger partial charge in [0.05, 0.1) is 0 Å². The van der Waals surface area contributed by atoms with E-state index in [2.05, 4.69) is 139 Å². The highest BCUT2D eigenvalue weighted by Crippen LogP contribution is 2.49. The van der Waals surface area contributed by atoms with Crippen LogP contribution in [0.3, 0.4) is 0 Å². The molecule has 0 saturated carbocycles. The Balaban J connectivity index is 1.76. The van der Waals surface area contributed by atoms with Crippen molar-refractivity contribution in [3.8, 4) is 11.4 Å². The molecule has 0 radical (unpaired) electrons. The Hall–Kier alpha value is -3.92. The Morgan fingerprint density at radius 3 is 1.72 bits per heavy atom. The van der Waals surface area contributed by atoms with Crippen molar-refractivity contribution in [2.24, 2.45) is 0 Å². The van der Waals surface area contributed by atoms with E-state index in [1.54, 1.807) is 4.80 Å². The van der Waals surface area contributed by atoms with E-state index in [0.717, 1.165) is 48.7 Å². The van der Waals surface area contributed by atoms with Crippen LogP contribution >= 0.6 is 0 Å². The van der Waals surface area contributed by atoms with Gasteiger partial charge in [-0.3, -0.25) is 0 Å². The maximum absolute atomic E-state index is 12.3. The van der Waals surface area contributed by atoms with Crippen molar-refractivity contribution in [3.05, 3.63) is 119 Å². The minimum absolute atomic E-state index is 0.0530. The van der Waals surface area contributed by atoms with E-state index in [1.807, 2.05) is 0 Å². The number of benzene rings is 4. The van der Waals surface area contributed by atoms with E-state index < -0.39 is 0 Å². The van der Waals surface area contributed by atoms with Crippen LogP contribution < -0.4 is 0 Å². The molecule has 0 aliphatic carbocycles. The smallest absolute Gasteiger partial charge is 0.147 e. The van der Waals surface area contributed by atoms with Gasteiger partial charge in [0.1, 0.15) is 22.5 Å². The van der Waals surface area contributed by atoms with E-state index in [1.165, 1.54) is 41.5 Å². The van der Waals surface area contributed by atoms with Gasteiger partial charge in [-0.1, -0.05) is 141 Å². The number of unbranched alkanes of at least 4 members (excludes halogenated alkanes) is 2. The fourth-order valence-corrected chi connectivity index (χ4v) is 7.76. The van der Waals surface area contributed by atoms with Crippen LogP contribution in [0.4, 0.5) is 0 Å². The van der Waals surface area contributed by atoms with Gasteiger partial charge in [0.25, 0.3) is 0 Å². The van der Waals surface area contributed by atoms with Crippen LogP contribution in [0, 0.1) is 0 Å². The average Bonchev–Trinajstić information content (AvgIpc) is 3.52. The topological polar surface area (TPSA) is 50.9 Å². The van der Waals surface area contributed by atoms with Crippen LogP contribution in [0.2, 0.25) is 0 Å². The predicted octanol–water partition coefficient (Wildman–Crippen LogP) is 11.2. The highest BCUT2D eigenvalue weighted by Gasteiger charge is 2.38. The largest absolute Gasteiger partial charge is 0.505 e. The van der Waals surface area contributed by atoms with Crippen molar-refractivity contribution in [3.63, 3.8) is 0 Å². The number of fused-ring (bicyclic) bond motifs is 1. The molecule has 0 amide bonds. The van der Waals surface area contributed by atoms with Crippen LogP contribution in [0.5, 0.6) is 5.75 Å². The molecule has 46 heavy (non-hydrogen) atoms. The monoisotopic (exact) mass is 615 g/mol. The third-order valence-corrected chi connectivity index (χ3v) is 11.0. The SMILES string of the molecule is CCCCCC(C)(C)c1ccc2nn(-c3cc(C(CC)(CC)c4ccccc4)cc(C(CC)(CC)c4ccccc4)c3O)nc2c1. The van der Waals surface area contributed by atoms with Crippen LogP contribution in [0.25, 0.3) is 16.7 Å². The van der Waals surface area contributed by atoms with E-state index in [0.29, 0.717) is 5.69 Å². The van der Waals surface area contributed by atoms with Crippen molar-refractivity contribution in [2.75, 3.05) is 0 Å². The molecule has 1 heterocycles. The Kier molecular flexibility index (Phi) is 10.1. The molecule has 0 spiro atoms. The predicted molar refractivity (Wildman–Crippen MR) is 193 cm³/mol. The molecular formula is C42H53N3O. The van der Waals surface area contributed by atoms with Crippen molar-refractivity contribution in [1.29, 1.82) is 0 Å². The molecule has 0 aliphatic rings. The number of nitrogens with zero attached hydrogens (tertiary/aromatic N) is 3. The third-order valence-electron chi connectivity index (χ3n) is 11.0. The molecule has 5 rings (SSSR count). The molecule has 0 aliphatic heterocycles. The minimum Gasteiger partial charge on any atom is -0.505 e. The second-order valence-electron chi connectivity index (χ2n) is 13.7. The number of hydrogen-bond acceptors (Lipinski definition) is 3. The summed E-state index contributed by atoms with van der Waals surface area (Å²) in [5, 5.41) is 22.4. The van der Waals surface area contributed by atoms with Crippen molar-refractivity contribution >= 4 is 11.0 Å². The minimum atomic E-state index is -0.373. The normalized spacial score (nSPS) is 12.6.